The fourth-order valence-corrected chi connectivity index (χ4v) is 2.90. The van der Waals surface area contributed by atoms with Crippen LogP contribution < -0.4 is 5.32 Å². The van der Waals surface area contributed by atoms with Crippen molar-refractivity contribution in [3.05, 3.63) is 29.4 Å². The summed E-state index contributed by atoms with van der Waals surface area (Å²) in [7, 11) is 0. The zero-order chi connectivity index (χ0) is 13.7. The second-order valence-corrected chi connectivity index (χ2v) is 6.17. The van der Waals surface area contributed by atoms with Gasteiger partial charge < -0.3 is 5.32 Å². The Morgan fingerprint density at radius 3 is 2.74 bits per heavy atom. The molecule has 1 unspecified atom stereocenters. The van der Waals surface area contributed by atoms with Crippen molar-refractivity contribution in [1.29, 1.82) is 0 Å². The van der Waals surface area contributed by atoms with E-state index in [2.05, 4.69) is 29.4 Å². The number of nitrogens with one attached hydrogen (secondary N) is 1. The summed E-state index contributed by atoms with van der Waals surface area (Å²) in [6.45, 7) is 4.35. The molecule has 0 radical (unpaired) electrons. The molecule has 5 heteroatoms. The summed E-state index contributed by atoms with van der Waals surface area (Å²) in [5.74, 6) is 3.13. The lowest BCUT2D eigenvalue weighted by Gasteiger charge is -2.15. The van der Waals surface area contributed by atoms with Crippen molar-refractivity contribution in [1.82, 2.24) is 10.2 Å². The summed E-state index contributed by atoms with van der Waals surface area (Å²) in [5.41, 5.74) is 0. The van der Waals surface area contributed by atoms with E-state index in [1.54, 1.807) is 0 Å². The van der Waals surface area contributed by atoms with E-state index >= 15 is 0 Å². The van der Waals surface area contributed by atoms with E-state index in [9.17, 15) is 0 Å². The fraction of sp³-hybridized carbons (Fsp3) is 0.429. The van der Waals surface area contributed by atoms with Crippen LogP contribution in [-0.4, -0.2) is 27.7 Å². The molecule has 0 aliphatic heterocycles. The monoisotopic (exact) mass is 295 g/mol. The second kappa shape index (κ2) is 6.96. The SMILES string of the molecule is CCSCCC(C)Nc1nnc(Cl)c2ccccc12. The van der Waals surface area contributed by atoms with Crippen molar-refractivity contribution in [2.45, 2.75) is 26.3 Å². The number of hydrogen-bond acceptors (Lipinski definition) is 4. The summed E-state index contributed by atoms with van der Waals surface area (Å²) in [4.78, 5) is 0. The number of benzene rings is 1. The van der Waals surface area contributed by atoms with Gasteiger partial charge >= 0.3 is 0 Å². The van der Waals surface area contributed by atoms with E-state index in [1.165, 1.54) is 0 Å². The molecule has 0 bridgehead atoms. The molecule has 2 aromatic rings. The number of aromatic nitrogens is 2. The molecule has 102 valence electrons. The van der Waals surface area contributed by atoms with E-state index < -0.39 is 0 Å². The minimum atomic E-state index is 0.373. The predicted octanol–water partition coefficient (Wildman–Crippen LogP) is 4.23. The summed E-state index contributed by atoms with van der Waals surface area (Å²) in [5, 5.41) is 14.0. The zero-order valence-corrected chi connectivity index (χ0v) is 12.8. The van der Waals surface area contributed by atoms with E-state index in [4.69, 9.17) is 11.6 Å². The highest BCUT2D eigenvalue weighted by atomic mass is 35.5. The minimum absolute atomic E-state index is 0.373. The lowest BCUT2D eigenvalue weighted by atomic mass is 10.2. The Hall–Kier alpha value is -1.00. The molecule has 0 spiro atoms. The van der Waals surface area contributed by atoms with Gasteiger partial charge in [-0.25, -0.2) is 0 Å². The largest absolute Gasteiger partial charge is 0.366 e. The summed E-state index contributed by atoms with van der Waals surface area (Å²) in [6.07, 6.45) is 1.11. The Morgan fingerprint density at radius 1 is 1.26 bits per heavy atom. The lowest BCUT2D eigenvalue weighted by Crippen LogP contribution is -2.17. The maximum atomic E-state index is 6.06. The Balaban J connectivity index is 2.14. The molecule has 1 N–H and O–H groups in total. The van der Waals surface area contributed by atoms with Gasteiger partial charge in [0.15, 0.2) is 11.0 Å². The zero-order valence-electron chi connectivity index (χ0n) is 11.2. The molecule has 0 amide bonds. The van der Waals surface area contributed by atoms with Gasteiger partial charge in [-0.3, -0.25) is 0 Å². The number of anilines is 1. The van der Waals surface area contributed by atoms with Gasteiger partial charge in [0.25, 0.3) is 0 Å². The molecule has 2 rings (SSSR count). The van der Waals surface area contributed by atoms with Crippen LogP contribution in [0.2, 0.25) is 5.15 Å². The third-order valence-corrected chi connectivity index (χ3v) is 4.14. The van der Waals surface area contributed by atoms with Gasteiger partial charge in [0.05, 0.1) is 0 Å². The van der Waals surface area contributed by atoms with E-state index in [1.807, 2.05) is 36.0 Å². The van der Waals surface area contributed by atoms with Gasteiger partial charge in [0, 0.05) is 16.8 Å². The Kier molecular flexibility index (Phi) is 5.28. The van der Waals surface area contributed by atoms with Gasteiger partial charge in [-0.2, -0.15) is 11.8 Å². The van der Waals surface area contributed by atoms with Crippen LogP contribution in [0.3, 0.4) is 0 Å². The summed E-state index contributed by atoms with van der Waals surface area (Å²) >= 11 is 8.02. The van der Waals surface area contributed by atoms with Gasteiger partial charge in [-0.05, 0) is 24.9 Å². The highest BCUT2D eigenvalue weighted by Crippen LogP contribution is 2.26. The van der Waals surface area contributed by atoms with Gasteiger partial charge in [-0.1, -0.05) is 42.8 Å². The van der Waals surface area contributed by atoms with Crippen LogP contribution in [0, 0.1) is 0 Å². The van der Waals surface area contributed by atoms with E-state index in [0.29, 0.717) is 11.2 Å². The normalized spacial score (nSPS) is 12.6. The quantitative estimate of drug-likeness (QED) is 0.810. The van der Waals surface area contributed by atoms with Crippen LogP contribution >= 0.6 is 23.4 Å². The Labute approximate surface area is 123 Å². The first-order valence-electron chi connectivity index (χ1n) is 6.47. The number of hydrogen-bond donors (Lipinski definition) is 1. The lowest BCUT2D eigenvalue weighted by molar-refractivity contribution is 0.764. The van der Waals surface area contributed by atoms with Gasteiger partial charge in [-0.15, -0.1) is 10.2 Å². The average Bonchev–Trinajstić information content (AvgIpc) is 2.43. The third-order valence-electron chi connectivity index (χ3n) is 2.92. The molecule has 0 aliphatic rings. The van der Waals surface area contributed by atoms with Crippen molar-refractivity contribution in [3.8, 4) is 0 Å². The Bertz CT molecular complexity index is 547. The van der Waals surface area contributed by atoms with Crippen LogP contribution in [0.25, 0.3) is 10.8 Å². The maximum absolute atomic E-state index is 6.06. The average molecular weight is 296 g/mol. The first-order chi connectivity index (χ1) is 9.22. The van der Waals surface area contributed by atoms with Gasteiger partial charge in [0.1, 0.15) is 0 Å². The molecule has 1 heterocycles. The molecule has 0 aliphatic carbocycles. The number of fused-ring (bicyclic) bond motifs is 1. The van der Waals surface area contributed by atoms with Crippen molar-refractivity contribution < 1.29 is 0 Å². The van der Waals surface area contributed by atoms with Crippen LogP contribution in [0.1, 0.15) is 20.3 Å². The standard InChI is InChI=1S/C14H18ClN3S/c1-3-19-9-8-10(2)16-14-12-7-5-4-6-11(12)13(15)17-18-14/h4-7,10H,3,8-9H2,1-2H3,(H,16,18). The van der Waals surface area contributed by atoms with Crippen molar-refractivity contribution >= 4 is 40.0 Å². The molecule has 1 atom stereocenters. The topological polar surface area (TPSA) is 37.8 Å². The van der Waals surface area contributed by atoms with Crippen LogP contribution in [0.4, 0.5) is 5.82 Å². The van der Waals surface area contributed by atoms with Crippen LogP contribution in [0.5, 0.6) is 0 Å². The van der Waals surface area contributed by atoms with E-state index in [-0.39, 0.29) is 0 Å². The van der Waals surface area contributed by atoms with Crippen LogP contribution in [0.15, 0.2) is 24.3 Å². The number of thioether (sulfide) groups is 1. The third kappa shape index (κ3) is 3.74. The summed E-state index contributed by atoms with van der Waals surface area (Å²) in [6, 6.07) is 8.31. The second-order valence-electron chi connectivity index (χ2n) is 4.42. The summed E-state index contributed by atoms with van der Waals surface area (Å²) < 4.78 is 0. The number of halogens is 1. The van der Waals surface area contributed by atoms with Crippen molar-refractivity contribution in [2.75, 3.05) is 16.8 Å². The highest BCUT2D eigenvalue weighted by molar-refractivity contribution is 7.99. The maximum Gasteiger partial charge on any atom is 0.159 e. The Morgan fingerprint density at radius 2 is 2.00 bits per heavy atom. The minimum Gasteiger partial charge on any atom is -0.366 e. The fourth-order valence-electron chi connectivity index (χ4n) is 1.89. The molecule has 3 nitrogen and oxygen atoms in total. The van der Waals surface area contributed by atoms with Gasteiger partial charge in [0.2, 0.25) is 0 Å². The molecule has 19 heavy (non-hydrogen) atoms. The number of nitrogens with zero attached hydrogens (tertiary/aromatic N) is 2. The molecule has 0 saturated carbocycles. The predicted molar refractivity (Wildman–Crippen MR) is 85.2 cm³/mol. The highest BCUT2D eigenvalue weighted by Gasteiger charge is 2.09. The molecule has 0 saturated heterocycles. The molecule has 0 fully saturated rings. The van der Waals surface area contributed by atoms with E-state index in [0.717, 1.165) is 34.5 Å². The molecular weight excluding hydrogens is 278 g/mol. The molecular formula is C14H18ClN3S. The first kappa shape index (κ1) is 14.4. The van der Waals surface area contributed by atoms with Crippen LogP contribution in [-0.2, 0) is 0 Å². The first-order valence-corrected chi connectivity index (χ1v) is 8.00. The molecule has 1 aromatic heterocycles. The molecule has 1 aromatic carbocycles. The van der Waals surface area contributed by atoms with Crippen molar-refractivity contribution in [3.63, 3.8) is 0 Å². The smallest absolute Gasteiger partial charge is 0.159 e. The van der Waals surface area contributed by atoms with Crippen molar-refractivity contribution in [2.24, 2.45) is 0 Å². The number of rotatable bonds is 6.